The van der Waals surface area contributed by atoms with Gasteiger partial charge in [0.2, 0.25) is 5.91 Å². The molecule has 2 amide bonds. The Balaban J connectivity index is 1.73. The van der Waals surface area contributed by atoms with Crippen LogP contribution in [0.5, 0.6) is 5.75 Å². The monoisotopic (exact) mass is 526 g/mol. The Morgan fingerprint density at radius 3 is 2.58 bits per heavy atom. The molecule has 3 fully saturated rings. The molecule has 1 N–H and O–H groups in total. The number of nitrogens with zero attached hydrogens (tertiary/aromatic N) is 2. The standard InChI is InChI=1S/C29H38N2O7/c1-6-8-9-17-37-27(35)23-22-25(33)31(19(3)18-32)24(29(22)15-14-28(23,4)38-29)26(34)30(16-7-2)20-10-12-21(36-5)13-11-20/h6-7,10-13,19,22-24,32H,1-2,8-9,14-18H2,3-5H3/t19-,22+,23+,24?,28-,29?/m1/s1. The van der Waals surface area contributed by atoms with E-state index in [1.807, 2.05) is 6.92 Å². The van der Waals surface area contributed by atoms with E-state index in [2.05, 4.69) is 13.2 Å². The zero-order valence-corrected chi connectivity index (χ0v) is 22.4. The summed E-state index contributed by atoms with van der Waals surface area (Å²) in [6.07, 6.45) is 5.67. The number of esters is 1. The number of aliphatic hydroxyl groups excluding tert-OH is 1. The van der Waals surface area contributed by atoms with E-state index in [4.69, 9.17) is 14.2 Å². The first-order valence-corrected chi connectivity index (χ1v) is 13.2. The Kier molecular flexibility index (Phi) is 7.99. The van der Waals surface area contributed by atoms with Gasteiger partial charge < -0.3 is 29.1 Å². The number of unbranched alkanes of at least 4 members (excludes halogenated alkanes) is 1. The zero-order chi connectivity index (χ0) is 27.7. The van der Waals surface area contributed by atoms with Crippen LogP contribution < -0.4 is 9.64 Å². The molecule has 3 saturated heterocycles. The molecule has 0 saturated carbocycles. The Bertz CT molecular complexity index is 1090. The number of amides is 2. The molecule has 1 aromatic rings. The number of carbonyl (C=O) groups is 3. The van der Waals surface area contributed by atoms with Gasteiger partial charge in [0.15, 0.2) is 0 Å². The lowest BCUT2D eigenvalue weighted by Crippen LogP contribution is -2.58. The number of allylic oxidation sites excluding steroid dienone is 1. The van der Waals surface area contributed by atoms with Crippen molar-refractivity contribution in [1.29, 1.82) is 0 Å². The highest BCUT2D eigenvalue weighted by molar-refractivity contribution is 6.05. The highest BCUT2D eigenvalue weighted by Gasteiger charge is 2.79. The van der Waals surface area contributed by atoms with Crippen LogP contribution in [0.1, 0.15) is 39.5 Å². The summed E-state index contributed by atoms with van der Waals surface area (Å²) in [5, 5.41) is 10.1. The van der Waals surface area contributed by atoms with Gasteiger partial charge in [-0.25, -0.2) is 0 Å². The Hall–Kier alpha value is -3.17. The van der Waals surface area contributed by atoms with Gasteiger partial charge in [-0.1, -0.05) is 12.2 Å². The van der Waals surface area contributed by atoms with Gasteiger partial charge in [-0.2, -0.15) is 0 Å². The molecule has 9 nitrogen and oxygen atoms in total. The Labute approximate surface area is 224 Å². The highest BCUT2D eigenvalue weighted by atomic mass is 16.6. The third-order valence-electron chi connectivity index (χ3n) is 8.20. The lowest BCUT2D eigenvalue weighted by atomic mass is 9.66. The average Bonchev–Trinajstić information content (AvgIpc) is 3.49. The normalized spacial score (nSPS) is 30.1. The van der Waals surface area contributed by atoms with Crippen molar-refractivity contribution in [2.75, 3.05) is 31.8 Å². The smallest absolute Gasteiger partial charge is 0.312 e. The summed E-state index contributed by atoms with van der Waals surface area (Å²) in [4.78, 5) is 44.8. The summed E-state index contributed by atoms with van der Waals surface area (Å²) in [5.74, 6) is -2.28. The van der Waals surface area contributed by atoms with Gasteiger partial charge in [-0.15, -0.1) is 13.2 Å². The van der Waals surface area contributed by atoms with Crippen molar-refractivity contribution in [1.82, 2.24) is 4.90 Å². The van der Waals surface area contributed by atoms with E-state index >= 15 is 0 Å². The summed E-state index contributed by atoms with van der Waals surface area (Å²) in [6, 6.07) is 5.37. The second-order valence-corrected chi connectivity index (χ2v) is 10.5. The molecule has 206 valence electrons. The second-order valence-electron chi connectivity index (χ2n) is 10.5. The van der Waals surface area contributed by atoms with Crippen LogP contribution in [0.4, 0.5) is 5.69 Å². The van der Waals surface area contributed by atoms with Crippen LogP contribution >= 0.6 is 0 Å². The van der Waals surface area contributed by atoms with Crippen LogP contribution in [-0.2, 0) is 23.9 Å². The molecule has 0 aromatic heterocycles. The van der Waals surface area contributed by atoms with Crippen LogP contribution in [0.25, 0.3) is 0 Å². The van der Waals surface area contributed by atoms with Gasteiger partial charge in [0, 0.05) is 12.2 Å². The van der Waals surface area contributed by atoms with Crippen LogP contribution in [-0.4, -0.2) is 77.9 Å². The minimum atomic E-state index is -1.21. The molecule has 38 heavy (non-hydrogen) atoms. The zero-order valence-electron chi connectivity index (χ0n) is 22.4. The predicted octanol–water partition coefficient (Wildman–Crippen LogP) is 2.87. The molecular formula is C29H38N2O7. The van der Waals surface area contributed by atoms with E-state index in [1.165, 1.54) is 4.90 Å². The van der Waals surface area contributed by atoms with Crippen molar-refractivity contribution in [3.05, 3.63) is 49.6 Å². The number of carbonyl (C=O) groups excluding carboxylic acids is 3. The van der Waals surface area contributed by atoms with E-state index < -0.39 is 41.1 Å². The molecular weight excluding hydrogens is 488 g/mol. The maximum Gasteiger partial charge on any atom is 0.312 e. The van der Waals surface area contributed by atoms with Gasteiger partial charge in [0.05, 0.1) is 37.9 Å². The fourth-order valence-corrected chi connectivity index (χ4v) is 6.41. The number of likely N-dealkylation sites (tertiary alicyclic amines) is 1. The van der Waals surface area contributed by atoms with Gasteiger partial charge in [0.25, 0.3) is 5.91 Å². The second kappa shape index (κ2) is 10.9. The van der Waals surface area contributed by atoms with Crippen molar-refractivity contribution in [3.8, 4) is 5.75 Å². The maximum absolute atomic E-state index is 14.4. The summed E-state index contributed by atoms with van der Waals surface area (Å²) < 4.78 is 17.5. The third kappa shape index (κ3) is 4.41. The van der Waals surface area contributed by atoms with Crippen LogP contribution in [0.3, 0.4) is 0 Å². The fourth-order valence-electron chi connectivity index (χ4n) is 6.41. The lowest BCUT2D eigenvalue weighted by molar-refractivity contribution is -0.160. The molecule has 6 atom stereocenters. The number of benzene rings is 1. The summed E-state index contributed by atoms with van der Waals surface area (Å²) in [7, 11) is 1.56. The number of fused-ring (bicyclic) bond motifs is 1. The van der Waals surface area contributed by atoms with Gasteiger partial charge in [0.1, 0.15) is 23.3 Å². The number of hydrogen-bond acceptors (Lipinski definition) is 7. The predicted molar refractivity (Wildman–Crippen MR) is 142 cm³/mol. The number of hydrogen-bond donors (Lipinski definition) is 1. The molecule has 9 heteroatoms. The number of ether oxygens (including phenoxy) is 3. The van der Waals surface area contributed by atoms with Gasteiger partial charge in [-0.05, 0) is 63.8 Å². The van der Waals surface area contributed by atoms with Gasteiger partial charge in [-0.3, -0.25) is 14.4 Å². The number of aliphatic hydroxyl groups is 1. The van der Waals surface area contributed by atoms with Gasteiger partial charge >= 0.3 is 5.97 Å². The molecule has 3 aliphatic heterocycles. The first-order chi connectivity index (χ1) is 18.2. The van der Waals surface area contributed by atoms with Crippen LogP contribution in [0.15, 0.2) is 49.6 Å². The molecule has 1 aromatic carbocycles. The average molecular weight is 527 g/mol. The van der Waals surface area contributed by atoms with E-state index in [-0.39, 0.29) is 31.6 Å². The molecule has 0 radical (unpaired) electrons. The van der Waals surface area contributed by atoms with Crippen molar-refractivity contribution in [2.45, 2.75) is 62.8 Å². The minimum Gasteiger partial charge on any atom is -0.497 e. The molecule has 4 rings (SSSR count). The maximum atomic E-state index is 14.4. The summed E-state index contributed by atoms with van der Waals surface area (Å²) >= 11 is 0. The Morgan fingerprint density at radius 1 is 1.26 bits per heavy atom. The molecule has 2 unspecified atom stereocenters. The number of anilines is 1. The quantitative estimate of drug-likeness (QED) is 0.254. The molecule has 1 spiro atoms. The van der Waals surface area contributed by atoms with Crippen LogP contribution in [0.2, 0.25) is 0 Å². The van der Waals surface area contributed by atoms with Crippen molar-refractivity contribution < 1.29 is 33.7 Å². The van der Waals surface area contributed by atoms with Crippen molar-refractivity contribution in [2.24, 2.45) is 11.8 Å². The summed E-state index contributed by atoms with van der Waals surface area (Å²) in [5.41, 5.74) is -1.52. The molecule has 0 aliphatic carbocycles. The minimum absolute atomic E-state index is 0.198. The number of methoxy groups -OCH3 is 1. The topological polar surface area (TPSA) is 106 Å². The largest absolute Gasteiger partial charge is 0.497 e. The lowest BCUT2D eigenvalue weighted by Gasteiger charge is -2.38. The molecule has 3 heterocycles. The first kappa shape index (κ1) is 27.9. The van der Waals surface area contributed by atoms with Crippen molar-refractivity contribution in [3.63, 3.8) is 0 Å². The number of rotatable bonds is 12. The van der Waals surface area contributed by atoms with Crippen molar-refractivity contribution >= 4 is 23.5 Å². The molecule has 2 bridgehead atoms. The Morgan fingerprint density at radius 2 is 1.97 bits per heavy atom. The molecule has 3 aliphatic rings. The van der Waals surface area contributed by atoms with E-state index in [1.54, 1.807) is 55.4 Å². The van der Waals surface area contributed by atoms with E-state index in [0.717, 1.165) is 0 Å². The van der Waals surface area contributed by atoms with E-state index in [9.17, 15) is 19.5 Å². The van der Waals surface area contributed by atoms with E-state index in [0.29, 0.717) is 37.1 Å². The summed E-state index contributed by atoms with van der Waals surface area (Å²) in [6.45, 7) is 11.1. The fraction of sp³-hybridized carbons (Fsp3) is 0.552. The SMILES string of the molecule is C=CCCCOC(=O)[C@@H]1[C@H]2C(=O)N([C@H](C)CO)C(C(=O)N(CC=C)c3ccc(OC)cc3)C23CC[C@@]1(C)O3. The first-order valence-electron chi connectivity index (χ1n) is 13.2. The third-order valence-corrected chi connectivity index (χ3v) is 8.20. The van der Waals surface area contributed by atoms with Crippen LogP contribution in [0, 0.1) is 11.8 Å². The highest BCUT2D eigenvalue weighted by Crippen LogP contribution is 2.63.